The van der Waals surface area contributed by atoms with Crippen LogP contribution in [-0.4, -0.2) is 26.9 Å². The van der Waals surface area contributed by atoms with Crippen LogP contribution in [-0.2, 0) is 21.2 Å². The van der Waals surface area contributed by atoms with E-state index in [1.165, 1.54) is 17.7 Å². The van der Waals surface area contributed by atoms with Gasteiger partial charge in [-0.2, -0.15) is 0 Å². The Morgan fingerprint density at radius 2 is 1.73 bits per heavy atom. The van der Waals surface area contributed by atoms with Crippen molar-refractivity contribution in [1.29, 1.82) is 0 Å². The van der Waals surface area contributed by atoms with Gasteiger partial charge in [0.2, 0.25) is 15.9 Å². The molecule has 1 atom stereocenters. The molecule has 2 N–H and O–H groups in total. The van der Waals surface area contributed by atoms with E-state index in [0.717, 1.165) is 25.0 Å². The molecular formula is C19H23FN2O3S. The van der Waals surface area contributed by atoms with Gasteiger partial charge in [0.05, 0.1) is 4.90 Å². The van der Waals surface area contributed by atoms with Crippen LogP contribution in [0.3, 0.4) is 0 Å². The van der Waals surface area contributed by atoms with Crippen molar-refractivity contribution in [1.82, 2.24) is 10.0 Å². The van der Waals surface area contributed by atoms with Crippen LogP contribution in [0, 0.1) is 5.82 Å². The molecule has 0 heterocycles. The number of aryl methyl sites for hydroxylation is 1. The summed E-state index contributed by atoms with van der Waals surface area (Å²) in [6.45, 7) is 1.90. The highest BCUT2D eigenvalue weighted by Crippen LogP contribution is 2.09. The van der Waals surface area contributed by atoms with Crippen molar-refractivity contribution in [2.45, 2.75) is 37.1 Å². The zero-order chi connectivity index (χ0) is 19.0. The van der Waals surface area contributed by atoms with E-state index in [4.69, 9.17) is 0 Å². The summed E-state index contributed by atoms with van der Waals surface area (Å²) >= 11 is 0. The number of carbonyl (C=O) groups is 1. The van der Waals surface area contributed by atoms with Gasteiger partial charge in [0.1, 0.15) is 5.82 Å². The Morgan fingerprint density at radius 3 is 2.38 bits per heavy atom. The van der Waals surface area contributed by atoms with Crippen molar-refractivity contribution in [2.24, 2.45) is 0 Å². The van der Waals surface area contributed by atoms with Gasteiger partial charge in [-0.3, -0.25) is 4.79 Å². The summed E-state index contributed by atoms with van der Waals surface area (Å²) in [4.78, 5) is 11.9. The van der Waals surface area contributed by atoms with Crippen molar-refractivity contribution < 1.29 is 17.6 Å². The molecule has 0 aliphatic rings. The number of benzene rings is 2. The lowest BCUT2D eigenvalue weighted by Crippen LogP contribution is -2.35. The van der Waals surface area contributed by atoms with Crippen LogP contribution in [0.1, 0.15) is 25.3 Å². The number of sulfonamides is 1. The fourth-order valence-corrected chi connectivity index (χ4v) is 3.47. The first-order chi connectivity index (χ1) is 12.4. The van der Waals surface area contributed by atoms with Gasteiger partial charge in [0, 0.05) is 19.0 Å². The van der Waals surface area contributed by atoms with Gasteiger partial charge in [-0.25, -0.2) is 17.5 Å². The molecule has 0 bridgehead atoms. The summed E-state index contributed by atoms with van der Waals surface area (Å²) in [6, 6.07) is 14.5. The molecule has 0 aromatic heterocycles. The van der Waals surface area contributed by atoms with Crippen LogP contribution < -0.4 is 10.0 Å². The Labute approximate surface area is 153 Å². The fraction of sp³-hybridized carbons (Fsp3) is 0.316. The highest BCUT2D eigenvalue weighted by atomic mass is 32.2. The predicted molar refractivity (Wildman–Crippen MR) is 98.6 cm³/mol. The highest BCUT2D eigenvalue weighted by Gasteiger charge is 2.14. The van der Waals surface area contributed by atoms with Crippen LogP contribution >= 0.6 is 0 Å². The van der Waals surface area contributed by atoms with E-state index in [1.807, 2.05) is 37.3 Å². The van der Waals surface area contributed by atoms with Crippen LogP contribution in [0.5, 0.6) is 0 Å². The van der Waals surface area contributed by atoms with E-state index < -0.39 is 15.8 Å². The van der Waals surface area contributed by atoms with E-state index in [1.54, 1.807) is 0 Å². The van der Waals surface area contributed by atoms with Gasteiger partial charge < -0.3 is 5.32 Å². The van der Waals surface area contributed by atoms with Crippen LogP contribution in [0.25, 0.3) is 0 Å². The molecule has 1 amide bonds. The lowest BCUT2D eigenvalue weighted by Gasteiger charge is -2.14. The van der Waals surface area contributed by atoms with E-state index in [2.05, 4.69) is 10.0 Å². The summed E-state index contributed by atoms with van der Waals surface area (Å²) in [5, 5.41) is 2.86. The molecule has 0 radical (unpaired) electrons. The smallest absolute Gasteiger partial charge is 0.240 e. The van der Waals surface area contributed by atoms with Crippen LogP contribution in [0.4, 0.5) is 4.39 Å². The number of rotatable bonds is 9. The standard InChI is InChI=1S/C19H23FN2O3S/c1-15(7-8-16-5-3-2-4-6-16)22-19(23)13-14-21-26(24,25)18-11-9-17(20)10-12-18/h2-6,9-12,15,21H,7-8,13-14H2,1H3,(H,22,23). The molecule has 0 spiro atoms. The van der Waals surface area contributed by atoms with E-state index >= 15 is 0 Å². The Bertz CT molecular complexity index is 808. The zero-order valence-corrected chi connectivity index (χ0v) is 15.4. The predicted octanol–water partition coefficient (Wildman–Crippen LogP) is 2.63. The lowest BCUT2D eigenvalue weighted by molar-refractivity contribution is -0.121. The molecule has 2 aromatic rings. The molecular weight excluding hydrogens is 355 g/mol. The third kappa shape index (κ3) is 6.57. The number of carbonyl (C=O) groups excluding carboxylic acids is 1. The van der Waals surface area contributed by atoms with Crippen molar-refractivity contribution in [3.05, 3.63) is 66.0 Å². The zero-order valence-electron chi connectivity index (χ0n) is 14.6. The number of amides is 1. The van der Waals surface area contributed by atoms with Gasteiger partial charge in [-0.1, -0.05) is 30.3 Å². The molecule has 26 heavy (non-hydrogen) atoms. The maximum Gasteiger partial charge on any atom is 0.240 e. The van der Waals surface area contributed by atoms with E-state index in [-0.39, 0.29) is 29.8 Å². The molecule has 5 nitrogen and oxygen atoms in total. The van der Waals surface area contributed by atoms with Gasteiger partial charge in [-0.15, -0.1) is 0 Å². The second kappa shape index (κ2) is 9.45. The average Bonchev–Trinajstić information content (AvgIpc) is 2.61. The molecule has 1 unspecified atom stereocenters. The summed E-state index contributed by atoms with van der Waals surface area (Å²) in [7, 11) is -3.74. The minimum atomic E-state index is -3.74. The topological polar surface area (TPSA) is 75.3 Å². The molecule has 0 saturated carbocycles. The third-order valence-electron chi connectivity index (χ3n) is 3.88. The van der Waals surface area contributed by atoms with Gasteiger partial charge >= 0.3 is 0 Å². The minimum Gasteiger partial charge on any atom is -0.354 e. The Kier molecular flexibility index (Phi) is 7.29. The largest absolute Gasteiger partial charge is 0.354 e. The van der Waals surface area contributed by atoms with E-state index in [0.29, 0.717) is 0 Å². The quantitative estimate of drug-likeness (QED) is 0.704. The maximum atomic E-state index is 12.9. The first-order valence-corrected chi connectivity index (χ1v) is 9.93. The Balaban J connectivity index is 1.71. The molecule has 2 aromatic carbocycles. The number of hydrogen-bond acceptors (Lipinski definition) is 3. The third-order valence-corrected chi connectivity index (χ3v) is 5.36. The van der Waals surface area contributed by atoms with Crippen molar-refractivity contribution in [3.8, 4) is 0 Å². The first kappa shape index (κ1) is 20.1. The number of halogens is 1. The molecule has 140 valence electrons. The SMILES string of the molecule is CC(CCc1ccccc1)NC(=O)CCNS(=O)(=O)c1ccc(F)cc1. The molecule has 0 aliphatic carbocycles. The summed E-state index contributed by atoms with van der Waals surface area (Å²) in [6.07, 6.45) is 1.70. The first-order valence-electron chi connectivity index (χ1n) is 8.45. The number of nitrogens with one attached hydrogen (secondary N) is 2. The maximum absolute atomic E-state index is 12.9. The monoisotopic (exact) mass is 378 g/mol. The Hall–Kier alpha value is -2.25. The van der Waals surface area contributed by atoms with Gasteiger partial charge in [0.15, 0.2) is 0 Å². The molecule has 2 rings (SSSR count). The second-order valence-electron chi connectivity index (χ2n) is 6.09. The summed E-state index contributed by atoms with van der Waals surface area (Å²) < 4.78 is 39.3. The van der Waals surface area contributed by atoms with Gasteiger partial charge in [0.25, 0.3) is 0 Å². The average molecular weight is 378 g/mol. The highest BCUT2D eigenvalue weighted by molar-refractivity contribution is 7.89. The molecule has 0 saturated heterocycles. The normalized spacial score (nSPS) is 12.5. The summed E-state index contributed by atoms with van der Waals surface area (Å²) in [5.74, 6) is -0.722. The lowest BCUT2D eigenvalue weighted by atomic mass is 10.1. The summed E-state index contributed by atoms with van der Waals surface area (Å²) in [5.41, 5.74) is 1.21. The molecule has 0 aliphatic heterocycles. The van der Waals surface area contributed by atoms with E-state index in [9.17, 15) is 17.6 Å². The van der Waals surface area contributed by atoms with Crippen molar-refractivity contribution >= 4 is 15.9 Å². The van der Waals surface area contributed by atoms with Crippen LogP contribution in [0.2, 0.25) is 0 Å². The fourth-order valence-electron chi connectivity index (χ4n) is 2.44. The second-order valence-corrected chi connectivity index (χ2v) is 7.86. The van der Waals surface area contributed by atoms with Gasteiger partial charge in [-0.05, 0) is 49.6 Å². The van der Waals surface area contributed by atoms with Crippen molar-refractivity contribution in [2.75, 3.05) is 6.54 Å². The van der Waals surface area contributed by atoms with Crippen LogP contribution in [0.15, 0.2) is 59.5 Å². The number of hydrogen-bond donors (Lipinski definition) is 2. The Morgan fingerprint density at radius 1 is 1.08 bits per heavy atom. The molecule has 7 heteroatoms. The molecule has 0 fully saturated rings. The van der Waals surface area contributed by atoms with Crippen molar-refractivity contribution in [3.63, 3.8) is 0 Å². The minimum absolute atomic E-state index is 0.00332.